The van der Waals surface area contributed by atoms with Gasteiger partial charge < -0.3 is 0 Å². The molecule has 1 aliphatic carbocycles. The highest BCUT2D eigenvalue weighted by Crippen LogP contribution is 2.39. The van der Waals surface area contributed by atoms with Crippen molar-refractivity contribution in [1.29, 1.82) is 5.26 Å². The number of carbonyl (C=O) groups excluding carboxylic acids is 2. The van der Waals surface area contributed by atoms with Crippen LogP contribution in [0.3, 0.4) is 0 Å². The fourth-order valence-corrected chi connectivity index (χ4v) is 3.74. The Morgan fingerprint density at radius 3 is 2.67 bits per heavy atom. The van der Waals surface area contributed by atoms with Crippen LogP contribution in [0.2, 0.25) is 0 Å². The molecular weight excluding hydrogens is 266 g/mol. The van der Waals surface area contributed by atoms with E-state index < -0.39 is 11.0 Å². The molecule has 5 nitrogen and oxygen atoms in total. The van der Waals surface area contributed by atoms with E-state index in [4.69, 9.17) is 0 Å². The summed E-state index contributed by atoms with van der Waals surface area (Å²) in [7, 11) is 0. The third kappa shape index (κ3) is 2.82. The number of carbonyl (C=O) groups is 2. The second kappa shape index (κ2) is 5.76. The molecule has 1 saturated heterocycles. The van der Waals surface area contributed by atoms with Crippen molar-refractivity contribution >= 4 is 11.8 Å². The lowest BCUT2D eigenvalue weighted by Gasteiger charge is -2.30. The summed E-state index contributed by atoms with van der Waals surface area (Å²) in [6.45, 7) is 6.85. The second-order valence-electron chi connectivity index (χ2n) is 6.90. The van der Waals surface area contributed by atoms with Crippen molar-refractivity contribution in [3.05, 3.63) is 0 Å². The van der Waals surface area contributed by atoms with Gasteiger partial charge in [0.2, 0.25) is 11.8 Å². The topological polar surface area (TPSA) is 73.2 Å². The van der Waals surface area contributed by atoms with Gasteiger partial charge in [0.05, 0.1) is 11.5 Å². The minimum absolute atomic E-state index is 0.0727. The van der Waals surface area contributed by atoms with Gasteiger partial charge >= 0.3 is 0 Å². The Labute approximate surface area is 126 Å². The van der Waals surface area contributed by atoms with E-state index in [0.29, 0.717) is 19.4 Å². The quantitative estimate of drug-likeness (QED) is 0.784. The molecule has 1 saturated carbocycles. The van der Waals surface area contributed by atoms with Gasteiger partial charge in [-0.1, -0.05) is 27.2 Å². The summed E-state index contributed by atoms with van der Waals surface area (Å²) in [5, 5.41) is 12.9. The largest absolute Gasteiger partial charge is 0.299 e. The molecule has 1 N–H and O–H groups in total. The highest BCUT2D eigenvalue weighted by molar-refractivity contribution is 6.05. The van der Waals surface area contributed by atoms with Crippen LogP contribution < -0.4 is 5.32 Å². The predicted molar refractivity (Wildman–Crippen MR) is 79.1 cm³/mol. The zero-order valence-corrected chi connectivity index (χ0v) is 13.2. The highest BCUT2D eigenvalue weighted by atomic mass is 16.2. The van der Waals surface area contributed by atoms with Crippen molar-refractivity contribution in [3.63, 3.8) is 0 Å². The Kier molecular flexibility index (Phi) is 4.38. The number of nitrogens with one attached hydrogen (secondary N) is 1. The van der Waals surface area contributed by atoms with Gasteiger partial charge in [-0.2, -0.15) is 5.26 Å². The van der Waals surface area contributed by atoms with E-state index in [1.807, 2.05) is 20.8 Å². The number of nitrogens with zero attached hydrogens (tertiary/aromatic N) is 2. The van der Waals surface area contributed by atoms with Crippen LogP contribution in [-0.2, 0) is 9.59 Å². The third-order valence-corrected chi connectivity index (χ3v) is 4.93. The van der Waals surface area contributed by atoms with Gasteiger partial charge in [-0.05, 0) is 31.7 Å². The van der Waals surface area contributed by atoms with Gasteiger partial charge in [-0.3, -0.25) is 19.8 Å². The Bertz CT molecular complexity index is 480. The standard InChI is InChI=1S/C16H25N3O2/c1-4-18-16(11-17)8-5-6-12(16)7-9-19-13(20)10-15(2,3)14(19)21/h12,18H,4-10H2,1-3H3. The summed E-state index contributed by atoms with van der Waals surface area (Å²) in [6.07, 6.45) is 3.88. The lowest BCUT2D eigenvalue weighted by Crippen LogP contribution is -2.48. The van der Waals surface area contributed by atoms with Crippen LogP contribution in [0, 0.1) is 22.7 Å². The second-order valence-corrected chi connectivity index (χ2v) is 6.90. The molecule has 5 heteroatoms. The predicted octanol–water partition coefficient (Wildman–Crippen LogP) is 1.83. The van der Waals surface area contributed by atoms with E-state index >= 15 is 0 Å². The molecule has 0 radical (unpaired) electrons. The van der Waals surface area contributed by atoms with Crippen molar-refractivity contribution in [1.82, 2.24) is 10.2 Å². The summed E-state index contributed by atoms with van der Waals surface area (Å²) >= 11 is 0. The lowest BCUT2D eigenvalue weighted by molar-refractivity contribution is -0.141. The van der Waals surface area contributed by atoms with Gasteiger partial charge in [0.25, 0.3) is 0 Å². The minimum Gasteiger partial charge on any atom is -0.299 e. The maximum absolute atomic E-state index is 12.2. The summed E-state index contributed by atoms with van der Waals surface area (Å²) in [5.74, 6) is 0.0669. The van der Waals surface area contributed by atoms with E-state index in [9.17, 15) is 14.9 Å². The first-order valence-corrected chi connectivity index (χ1v) is 7.87. The van der Waals surface area contributed by atoms with Gasteiger partial charge in [0, 0.05) is 13.0 Å². The molecule has 2 aliphatic rings. The zero-order chi connectivity index (χ0) is 15.7. The number of imide groups is 1. The molecule has 2 amide bonds. The first kappa shape index (κ1) is 16.0. The highest BCUT2D eigenvalue weighted by Gasteiger charge is 2.46. The molecule has 2 unspecified atom stereocenters. The number of hydrogen-bond acceptors (Lipinski definition) is 4. The first-order valence-electron chi connectivity index (χ1n) is 7.87. The average molecular weight is 291 g/mol. The summed E-state index contributed by atoms with van der Waals surface area (Å²) < 4.78 is 0. The van der Waals surface area contributed by atoms with Crippen molar-refractivity contribution in [2.75, 3.05) is 13.1 Å². The normalized spacial score (nSPS) is 31.7. The van der Waals surface area contributed by atoms with Crippen LogP contribution in [0.15, 0.2) is 0 Å². The van der Waals surface area contributed by atoms with Gasteiger partial charge in [0.1, 0.15) is 5.54 Å². The van der Waals surface area contributed by atoms with Crippen LogP contribution in [0.4, 0.5) is 0 Å². The molecule has 0 aromatic heterocycles. The van der Waals surface area contributed by atoms with Crippen LogP contribution in [0.1, 0.15) is 52.9 Å². The number of nitriles is 1. The molecule has 1 heterocycles. The Morgan fingerprint density at radius 1 is 1.43 bits per heavy atom. The van der Waals surface area contributed by atoms with E-state index in [0.717, 1.165) is 25.8 Å². The Morgan fingerprint density at radius 2 is 2.14 bits per heavy atom. The smallest absolute Gasteiger partial charge is 0.235 e. The van der Waals surface area contributed by atoms with E-state index in [1.54, 1.807) is 0 Å². The molecular formula is C16H25N3O2. The van der Waals surface area contributed by atoms with Crippen molar-refractivity contribution in [2.45, 2.75) is 58.4 Å². The van der Waals surface area contributed by atoms with Crippen LogP contribution in [-0.4, -0.2) is 35.3 Å². The number of likely N-dealkylation sites (tertiary alicyclic amines) is 1. The SMILES string of the molecule is CCNC1(C#N)CCCC1CCN1C(=O)CC(C)(C)C1=O. The van der Waals surface area contributed by atoms with Crippen LogP contribution >= 0.6 is 0 Å². The lowest BCUT2D eigenvalue weighted by atomic mass is 9.85. The number of amides is 2. The summed E-state index contributed by atoms with van der Waals surface area (Å²) in [4.78, 5) is 25.6. The fraction of sp³-hybridized carbons (Fsp3) is 0.812. The molecule has 0 aromatic rings. The van der Waals surface area contributed by atoms with Crippen LogP contribution in [0.5, 0.6) is 0 Å². The van der Waals surface area contributed by atoms with Crippen LogP contribution in [0.25, 0.3) is 0 Å². The maximum Gasteiger partial charge on any atom is 0.235 e. The Hall–Kier alpha value is -1.41. The zero-order valence-electron chi connectivity index (χ0n) is 13.2. The monoisotopic (exact) mass is 291 g/mol. The van der Waals surface area contributed by atoms with E-state index in [-0.39, 0.29) is 17.7 Å². The van der Waals surface area contributed by atoms with Crippen molar-refractivity contribution in [3.8, 4) is 6.07 Å². The van der Waals surface area contributed by atoms with Crippen molar-refractivity contribution < 1.29 is 9.59 Å². The minimum atomic E-state index is -0.569. The maximum atomic E-state index is 12.2. The fourth-order valence-electron chi connectivity index (χ4n) is 3.74. The van der Waals surface area contributed by atoms with E-state index in [1.165, 1.54) is 4.90 Å². The molecule has 21 heavy (non-hydrogen) atoms. The molecule has 2 atom stereocenters. The molecule has 2 fully saturated rings. The number of hydrogen-bond donors (Lipinski definition) is 1. The van der Waals surface area contributed by atoms with Gasteiger partial charge in [0.15, 0.2) is 0 Å². The molecule has 1 aliphatic heterocycles. The summed E-state index contributed by atoms with van der Waals surface area (Å²) in [5.41, 5.74) is -1.04. The average Bonchev–Trinajstić information content (AvgIpc) is 2.89. The van der Waals surface area contributed by atoms with Gasteiger partial charge in [-0.15, -0.1) is 0 Å². The van der Waals surface area contributed by atoms with E-state index in [2.05, 4.69) is 11.4 Å². The molecule has 2 rings (SSSR count). The molecule has 116 valence electrons. The molecule has 0 spiro atoms. The Balaban J connectivity index is 2.02. The third-order valence-electron chi connectivity index (χ3n) is 4.93. The number of rotatable bonds is 5. The first-order chi connectivity index (χ1) is 9.86. The van der Waals surface area contributed by atoms with Crippen molar-refractivity contribution in [2.24, 2.45) is 11.3 Å². The molecule has 0 aromatic carbocycles. The molecule has 0 bridgehead atoms. The summed E-state index contributed by atoms with van der Waals surface area (Å²) in [6, 6.07) is 2.44. The van der Waals surface area contributed by atoms with Gasteiger partial charge in [-0.25, -0.2) is 0 Å².